The number of hydrogen-bond donors (Lipinski definition) is 3. The van der Waals surface area contributed by atoms with Crippen molar-refractivity contribution in [2.24, 2.45) is 0 Å². The number of aromatic nitrogens is 2. The number of phenols is 1. The molecule has 0 radical (unpaired) electrons. The molecule has 17 nitrogen and oxygen atoms in total. The van der Waals surface area contributed by atoms with E-state index in [9.17, 15) is 0 Å². The Kier molecular flexibility index (Phi) is 28.6. The number of halogens is 10. The molecule has 0 amide bonds. The number of aryl methyl sites for hydroxylation is 2. The van der Waals surface area contributed by atoms with Crippen LogP contribution in [-0.2, 0) is 42.1 Å². The lowest BCUT2D eigenvalue weighted by molar-refractivity contribution is -0.340. The van der Waals surface area contributed by atoms with Crippen LogP contribution < -0.4 is 21.7 Å². The van der Waals surface area contributed by atoms with Gasteiger partial charge in [-0.05, 0) is 179 Å². The number of anilines is 2. The lowest BCUT2D eigenvalue weighted by Crippen LogP contribution is -2.41. The number of ether oxygens (including phenoxy) is 4. The molecule has 6 aromatic rings. The molecule has 0 saturated carbocycles. The minimum atomic E-state index is -0.875. The van der Waals surface area contributed by atoms with Gasteiger partial charge in [-0.1, -0.05) is 46.4 Å². The smallest absolute Gasteiger partial charge is 0.496 e. The van der Waals surface area contributed by atoms with Crippen molar-refractivity contribution in [3.8, 4) is 11.5 Å². The van der Waals surface area contributed by atoms with Gasteiger partial charge in [-0.15, -0.1) is 47.3 Å². The Balaban J connectivity index is 0.000000265. The number of nitrogens with zero attached hydrogens (tertiary/aromatic N) is 2. The molecule has 31 heteroatoms. The molecule has 3 aliphatic rings. The monoisotopic (exact) mass is 1620 g/mol. The molecular formula is C52H70B4Br6Cl4N4O13. The largest absolute Gasteiger partial charge is 0.506 e. The van der Waals surface area contributed by atoms with E-state index >= 15 is 0 Å². The number of aromatic hydroxyl groups is 1. The van der Waals surface area contributed by atoms with E-state index in [0.29, 0.717) is 53.4 Å². The van der Waals surface area contributed by atoms with Crippen molar-refractivity contribution in [1.29, 1.82) is 0 Å². The van der Waals surface area contributed by atoms with Gasteiger partial charge < -0.3 is 72.3 Å². The van der Waals surface area contributed by atoms with Crippen LogP contribution in [0.25, 0.3) is 22.2 Å². The van der Waals surface area contributed by atoms with Crippen molar-refractivity contribution in [2.45, 2.75) is 143 Å². The van der Waals surface area contributed by atoms with Crippen LogP contribution in [-0.4, -0.2) is 107 Å². The van der Waals surface area contributed by atoms with Crippen molar-refractivity contribution in [3.63, 3.8) is 0 Å². The zero-order chi connectivity index (χ0) is 63.8. The summed E-state index contributed by atoms with van der Waals surface area (Å²) < 4.78 is 68.6. The van der Waals surface area contributed by atoms with Crippen LogP contribution in [0.4, 0.5) is 11.4 Å². The fraction of sp³-hybridized carbons (Fsp3) is 0.500. The van der Waals surface area contributed by atoms with Gasteiger partial charge in [0.25, 0.3) is 5.97 Å². The van der Waals surface area contributed by atoms with Gasteiger partial charge >= 0.3 is 24.3 Å². The number of nitrogens with two attached hydrogens (primary N) is 2. The van der Waals surface area contributed by atoms with Gasteiger partial charge in [0.15, 0.2) is 22.9 Å². The molecular weight excluding hydrogens is 1550 g/mol. The van der Waals surface area contributed by atoms with Crippen LogP contribution in [0.1, 0.15) is 102 Å². The standard InChI is InChI=1S/C14H17BClNO3.C12H24B2O4.C8H5BrClNO.C7H7BrClNO.C6H5BrClNO.C5H12O3.BBr3/c1-8-17-11-7-10(16)9(6-12(11)18-8)15-19-13(2,3)14(4,5)20-15;1-9(2)10(3,4)16-13(15-9)14-17-11(5,6)12(7,8)18-14;1-4-11-7-3-6(10)5(9)2-8(7)12-4;1-11-7-2-4(8)5(9)3-6(7)10;7-3-1-6(10)5(9)2-4(3)8;1-5(6-2,7-3)8-4;2-1(3)4/h6-7H,1-5H3;1-8H3;2-3H,1H3;2-3H,10H2,1H3;1-2,10H,9H2;1-4H3;. The number of oxazole rings is 2. The molecule has 0 unspecified atom stereocenters. The summed E-state index contributed by atoms with van der Waals surface area (Å²) in [6.07, 6.45) is 0. The van der Waals surface area contributed by atoms with E-state index in [1.54, 1.807) is 38.3 Å². The van der Waals surface area contributed by atoms with E-state index in [4.69, 9.17) is 119 Å². The fourth-order valence-electron chi connectivity index (χ4n) is 6.79. The Bertz CT molecular complexity index is 2940. The molecule has 0 aliphatic carbocycles. The van der Waals surface area contributed by atoms with Gasteiger partial charge in [0.05, 0.1) is 67.2 Å². The van der Waals surface area contributed by atoms with Crippen molar-refractivity contribution >= 4 is 205 Å². The molecule has 4 aromatic carbocycles. The van der Waals surface area contributed by atoms with E-state index in [0.717, 1.165) is 31.0 Å². The Labute approximate surface area is 559 Å². The first-order valence-electron chi connectivity index (χ1n) is 25.1. The van der Waals surface area contributed by atoms with Crippen molar-refractivity contribution in [1.82, 2.24) is 9.97 Å². The molecule has 5 heterocycles. The summed E-state index contributed by atoms with van der Waals surface area (Å²) in [5.41, 5.74) is 13.3. The number of rotatable bonds is 6. The van der Waals surface area contributed by atoms with Crippen molar-refractivity contribution in [3.05, 3.63) is 93.8 Å². The maximum Gasteiger partial charge on any atom is 0.496 e. The highest BCUT2D eigenvalue weighted by Crippen LogP contribution is 2.43. The lowest BCUT2D eigenvalue weighted by atomic mass is 9.49. The van der Waals surface area contributed by atoms with Crippen LogP contribution in [0.3, 0.4) is 0 Å². The molecule has 0 bridgehead atoms. The van der Waals surface area contributed by atoms with Gasteiger partial charge in [0.1, 0.15) is 22.5 Å². The third-order valence-electron chi connectivity index (χ3n) is 13.9. The van der Waals surface area contributed by atoms with Crippen LogP contribution in [0, 0.1) is 13.8 Å². The van der Waals surface area contributed by atoms with Crippen LogP contribution in [0.2, 0.25) is 20.1 Å². The van der Waals surface area contributed by atoms with Gasteiger partial charge in [-0.2, -0.15) is 0 Å². The first kappa shape index (κ1) is 76.2. The van der Waals surface area contributed by atoms with Crippen LogP contribution >= 0.6 is 141 Å². The molecule has 458 valence electrons. The van der Waals surface area contributed by atoms with E-state index in [2.05, 4.69) is 105 Å². The molecule has 2 aromatic heterocycles. The second-order valence-electron chi connectivity index (χ2n) is 21.4. The fourth-order valence-corrected chi connectivity index (χ4v) is 8.52. The number of hydrogen-bond acceptors (Lipinski definition) is 17. The molecule has 0 spiro atoms. The van der Waals surface area contributed by atoms with E-state index in [1.807, 2.05) is 109 Å². The summed E-state index contributed by atoms with van der Waals surface area (Å²) in [5.74, 6) is 1.05. The van der Waals surface area contributed by atoms with Gasteiger partial charge in [-0.25, -0.2) is 9.97 Å². The Morgan fingerprint density at radius 1 is 0.518 bits per heavy atom. The quantitative estimate of drug-likeness (QED) is 0.0611. The number of nitrogen functional groups attached to an aromatic ring is 2. The minimum Gasteiger partial charge on any atom is -0.506 e. The number of benzene rings is 4. The summed E-state index contributed by atoms with van der Waals surface area (Å²) in [7, 11) is 4.67. The Morgan fingerprint density at radius 2 is 0.843 bits per heavy atom. The molecule has 0 atom stereocenters. The normalized spacial score (nSPS) is 17.5. The Hall–Kier alpha value is -1.04. The summed E-state index contributed by atoms with van der Waals surface area (Å²) in [6.45, 7) is 29.6. The molecule has 83 heavy (non-hydrogen) atoms. The van der Waals surface area contributed by atoms with Crippen LogP contribution in [0.5, 0.6) is 11.5 Å². The summed E-state index contributed by atoms with van der Waals surface area (Å²) >= 11 is 42.6. The van der Waals surface area contributed by atoms with Gasteiger partial charge in [0.2, 0.25) is 0 Å². The lowest BCUT2D eigenvalue weighted by Gasteiger charge is -2.32. The summed E-state index contributed by atoms with van der Waals surface area (Å²) in [5, 5.41) is 11.3. The first-order chi connectivity index (χ1) is 37.9. The predicted molar refractivity (Wildman–Crippen MR) is 360 cm³/mol. The molecule has 9 rings (SSSR count). The van der Waals surface area contributed by atoms with E-state index in [1.165, 1.54) is 33.5 Å². The van der Waals surface area contributed by atoms with E-state index < -0.39 is 38.3 Å². The predicted octanol–water partition coefficient (Wildman–Crippen LogP) is 16.7. The zero-order valence-corrected chi connectivity index (χ0v) is 62.1. The highest BCUT2D eigenvalue weighted by molar-refractivity contribution is 9.69. The number of fused-ring (bicyclic) bond motifs is 2. The average Bonchev–Trinajstić information content (AvgIpc) is 4.19. The molecule has 3 saturated heterocycles. The first-order valence-corrected chi connectivity index (χ1v) is 31.7. The minimum absolute atomic E-state index is 0.0382. The second kappa shape index (κ2) is 31.1. The highest BCUT2D eigenvalue weighted by Gasteiger charge is 2.64. The van der Waals surface area contributed by atoms with Gasteiger partial charge in [-0.3, -0.25) is 0 Å². The third-order valence-corrected chi connectivity index (χ3v) is 17.8. The molecule has 3 aliphatic heterocycles. The highest BCUT2D eigenvalue weighted by atomic mass is 79.9. The topological polar surface area (TPSA) is 217 Å². The third kappa shape index (κ3) is 21.0. The maximum absolute atomic E-state index is 9.01. The second-order valence-corrected chi connectivity index (χ2v) is 32.1. The van der Waals surface area contributed by atoms with Crippen molar-refractivity contribution < 1.29 is 60.8 Å². The summed E-state index contributed by atoms with van der Waals surface area (Å²) in [4.78, 5) is 8.41. The molecule has 5 N–H and O–H groups in total. The van der Waals surface area contributed by atoms with E-state index in [-0.39, 0.29) is 37.0 Å². The maximum atomic E-state index is 9.01. The SMILES string of the molecule is BrB(Br)Br.CC1(C)OB(B2OC(C)(C)C(C)(C)O2)OC1(C)C.COC(C)(OC)OC.COc1cc(Br)c(Cl)cc1N.Cc1nc2cc(Cl)c(B3OC(C)(C)C(C)(C)O3)cc2o1.Cc1nc2cc(Cl)c(Br)cc2o1.Nc1cc(Cl)c(Br)cc1O. The number of phenolic OH excluding ortho intramolecular Hbond substituents is 1. The van der Waals surface area contributed by atoms with Crippen LogP contribution in [0.15, 0.2) is 70.8 Å². The molecule has 3 fully saturated rings. The zero-order valence-electron chi connectivity index (χ0n) is 49.6. The Morgan fingerprint density at radius 3 is 1.20 bits per heavy atom. The number of methoxy groups -OCH3 is 4. The summed E-state index contributed by atoms with van der Waals surface area (Å²) in [6, 6.07) is 13.5. The van der Waals surface area contributed by atoms with Gasteiger partial charge in [0, 0.05) is 66.0 Å². The van der Waals surface area contributed by atoms with Crippen molar-refractivity contribution in [2.75, 3.05) is 39.9 Å². The average molecular weight is 1620 g/mol.